The van der Waals surface area contributed by atoms with Gasteiger partial charge in [-0.05, 0) is 38.1 Å². The average Bonchev–Trinajstić information content (AvgIpc) is 3.85. The van der Waals surface area contributed by atoms with Gasteiger partial charge < -0.3 is 41.1 Å². The number of pyridine rings is 1. The molecule has 2 aliphatic rings. The van der Waals surface area contributed by atoms with Crippen molar-refractivity contribution in [2.45, 2.75) is 37.8 Å². The van der Waals surface area contributed by atoms with E-state index in [0.717, 1.165) is 22.4 Å². The molecule has 5 N–H and O–H groups in total. The first-order valence-electron chi connectivity index (χ1n) is 16.3. The number of hydrogen-bond acceptors (Lipinski definition) is 16. The molecular weight excluding hydrogens is 799 g/mol. The van der Waals surface area contributed by atoms with Gasteiger partial charge in [-0.2, -0.15) is 9.78 Å². The molecule has 1 fully saturated rings. The number of aromatic nitrogens is 6. The van der Waals surface area contributed by atoms with Crippen LogP contribution in [0.5, 0.6) is 11.5 Å². The molecule has 0 spiro atoms. The number of aliphatic carboxylic acids is 1. The number of anilines is 2. The minimum atomic E-state index is -1.86. The average molecular weight is 827 g/mol. The molecule has 0 unspecified atom stereocenters. The van der Waals surface area contributed by atoms with E-state index in [9.17, 15) is 34.5 Å². The van der Waals surface area contributed by atoms with Crippen molar-refractivity contribution >= 4 is 91.4 Å². The van der Waals surface area contributed by atoms with Gasteiger partial charge in [-0.1, -0.05) is 22.8 Å². The van der Waals surface area contributed by atoms with Crippen LogP contribution in [0.4, 0.5) is 10.8 Å². The number of nitrogens with two attached hydrogens (primary N) is 1. The van der Waals surface area contributed by atoms with Crippen molar-refractivity contribution in [3.05, 3.63) is 81.7 Å². The molecule has 56 heavy (non-hydrogen) atoms. The van der Waals surface area contributed by atoms with Crippen molar-refractivity contribution in [1.29, 1.82) is 0 Å². The number of carbonyl (C=O) groups is 4. The summed E-state index contributed by atoms with van der Waals surface area (Å²) in [5.41, 5.74) is 5.99. The molecule has 3 aromatic heterocycles. The summed E-state index contributed by atoms with van der Waals surface area (Å²) >= 11 is 8.61. The van der Waals surface area contributed by atoms with Crippen LogP contribution < -0.4 is 55.4 Å². The number of nitrogens with one attached hydrogen (secondary N) is 1. The smallest absolute Gasteiger partial charge is 0.546 e. The van der Waals surface area contributed by atoms with Gasteiger partial charge >= 0.3 is 29.6 Å². The van der Waals surface area contributed by atoms with E-state index in [4.69, 9.17) is 22.2 Å². The Morgan fingerprint density at radius 1 is 1.21 bits per heavy atom. The Balaban J connectivity index is 0.00000532. The third kappa shape index (κ3) is 7.67. The van der Waals surface area contributed by atoms with Crippen LogP contribution in [0, 0.1) is 5.92 Å². The maximum absolute atomic E-state index is 13.9. The number of Topliss-reactive ketones (excluding diaryl/α,β-unsaturated/α-hetero) is 1. The van der Waals surface area contributed by atoms with Crippen molar-refractivity contribution in [2.75, 3.05) is 16.8 Å². The van der Waals surface area contributed by atoms with E-state index in [2.05, 4.69) is 36.1 Å². The number of halogens is 1. The Morgan fingerprint density at radius 2 is 2.00 bits per heavy atom. The maximum atomic E-state index is 13.9. The van der Waals surface area contributed by atoms with Crippen LogP contribution in [0.2, 0.25) is 5.02 Å². The Bertz CT molecular complexity index is 2460. The van der Waals surface area contributed by atoms with Gasteiger partial charge in [-0.15, -0.1) is 23.1 Å². The summed E-state index contributed by atoms with van der Waals surface area (Å²) in [4.78, 5) is 63.1. The molecule has 5 heterocycles. The van der Waals surface area contributed by atoms with E-state index in [-0.39, 0.29) is 81.4 Å². The predicted octanol–water partition coefficient (Wildman–Crippen LogP) is -1.52. The molecule has 1 saturated heterocycles. The monoisotopic (exact) mass is 826 g/mol. The van der Waals surface area contributed by atoms with Gasteiger partial charge in [0.1, 0.15) is 5.69 Å². The molecule has 2 aliphatic heterocycles. The van der Waals surface area contributed by atoms with Crippen molar-refractivity contribution in [1.82, 2.24) is 30.5 Å². The largest absolute Gasteiger partial charge is 1.00 e. The normalized spacial score (nSPS) is 16.9. The maximum Gasteiger partial charge on any atom is 1.00 e. The standard InChI is InChI=1S/C34H29ClN10O8S2.Na/c1-34(2,32(51)52)53-41-25(20-14-55-33(36)38-20)23(47)11-18-30(50)45-26(28-39-42-43-40-28)15(13-54-31(18)45)12-44-10-4-5-16-19(6-3-7-21(16)44)37-29(49)17-8-9-22(46)27(48)24(17)35;/h3-10,14,18,31H,11-13H2,1-2H3,(H6,36,38,39,40,41,42,43,46,47,48,49,51,52);/q;+1/p-1/t18-,31-;/m1./s1. The molecule has 0 bridgehead atoms. The number of oxime groups is 1. The Hall–Kier alpha value is -5.12. The number of nitrogens with zero attached hydrogens (tertiary/aromatic N) is 8. The van der Waals surface area contributed by atoms with Gasteiger partial charge in [0.05, 0.1) is 50.4 Å². The van der Waals surface area contributed by atoms with Gasteiger partial charge in [-0.3, -0.25) is 29.6 Å². The van der Waals surface area contributed by atoms with E-state index in [1.165, 1.54) is 48.0 Å². The molecule has 0 radical (unpaired) electrons. The number of aromatic hydroxyl groups is 2. The van der Waals surface area contributed by atoms with Crippen molar-refractivity contribution in [2.24, 2.45) is 11.1 Å². The number of thioether (sulfide) groups is 1. The Kier molecular flexibility index (Phi) is 11.7. The number of thiazole rings is 1. The number of rotatable bonds is 12. The molecule has 0 aliphatic carbocycles. The summed E-state index contributed by atoms with van der Waals surface area (Å²) in [5, 5.41) is 54.8. The number of β-lactam (4-membered cyclic amide) rings is 1. The summed E-state index contributed by atoms with van der Waals surface area (Å²) < 4.78 is 1.92. The molecule has 2 atom stereocenters. The van der Waals surface area contributed by atoms with E-state index in [1.807, 2.05) is 22.9 Å². The van der Waals surface area contributed by atoms with E-state index >= 15 is 0 Å². The molecule has 5 aromatic rings. The first kappa shape index (κ1) is 40.5. The molecule has 22 heteroatoms. The minimum Gasteiger partial charge on any atom is -0.546 e. The van der Waals surface area contributed by atoms with E-state index in [1.54, 1.807) is 18.2 Å². The topological polar surface area (TPSA) is 264 Å². The van der Waals surface area contributed by atoms with Crippen LogP contribution in [0.3, 0.4) is 0 Å². The zero-order chi connectivity index (χ0) is 39.2. The zero-order valence-corrected chi connectivity index (χ0v) is 34.1. The van der Waals surface area contributed by atoms with Crippen LogP contribution in [-0.2, 0) is 25.8 Å². The summed E-state index contributed by atoms with van der Waals surface area (Å²) in [6.07, 6.45) is 1.54. The fourth-order valence-corrected chi connectivity index (χ4v) is 8.19. The third-order valence-electron chi connectivity index (χ3n) is 8.85. The second-order valence-electron chi connectivity index (χ2n) is 12.8. The van der Waals surface area contributed by atoms with Gasteiger partial charge in [0.15, 0.2) is 46.5 Å². The van der Waals surface area contributed by atoms with Crippen molar-refractivity contribution < 1.29 is 73.5 Å². The molecule has 2 amide bonds. The number of phenolic OH excluding ortho intramolecular Hbond substituents is 2. The van der Waals surface area contributed by atoms with Crippen LogP contribution in [0.15, 0.2) is 64.8 Å². The number of phenols is 2. The Labute approximate surface area is 352 Å². The number of ketones is 1. The molecule has 18 nitrogen and oxygen atoms in total. The predicted molar refractivity (Wildman–Crippen MR) is 196 cm³/mol. The number of carbonyl (C=O) groups excluding carboxylic acids is 4. The molecule has 7 rings (SSSR count). The number of tetrazole rings is 1. The van der Waals surface area contributed by atoms with Crippen molar-refractivity contribution in [3.8, 4) is 11.5 Å². The fourth-order valence-electron chi connectivity index (χ4n) is 5.99. The summed E-state index contributed by atoms with van der Waals surface area (Å²) in [5.74, 6) is -4.49. The quantitative estimate of drug-likeness (QED) is 0.0278. The van der Waals surface area contributed by atoms with E-state index < -0.39 is 46.1 Å². The number of carboxylic acid groups (broad SMARTS) is 1. The second kappa shape index (κ2) is 16.2. The van der Waals surface area contributed by atoms with Crippen LogP contribution in [0.25, 0.3) is 16.6 Å². The summed E-state index contributed by atoms with van der Waals surface area (Å²) in [6, 6.07) is 11.4. The number of benzene rings is 2. The second-order valence-corrected chi connectivity index (χ2v) is 15.2. The van der Waals surface area contributed by atoms with Crippen LogP contribution in [-0.4, -0.2) is 81.6 Å². The number of amides is 2. The molecule has 0 saturated carbocycles. The fraction of sp³-hybridized carbons (Fsp3) is 0.235. The zero-order valence-electron chi connectivity index (χ0n) is 29.7. The number of carboxylic acids is 1. The number of hydrogen-bond donors (Lipinski definition) is 4. The summed E-state index contributed by atoms with van der Waals surface area (Å²) in [7, 11) is 0. The Morgan fingerprint density at radius 3 is 2.70 bits per heavy atom. The molecule has 2 aromatic carbocycles. The first-order valence-corrected chi connectivity index (χ1v) is 18.6. The molecule has 282 valence electrons. The molecular formula is C34H28ClN10NaO8S2. The minimum absolute atomic E-state index is 0. The first-order chi connectivity index (χ1) is 26.2. The van der Waals surface area contributed by atoms with Crippen LogP contribution >= 0.6 is 34.7 Å². The number of nitrogen functional groups attached to an aromatic ring is 1. The van der Waals surface area contributed by atoms with Gasteiger partial charge in [0.25, 0.3) is 5.91 Å². The van der Waals surface area contributed by atoms with Crippen molar-refractivity contribution in [3.63, 3.8) is 0 Å². The van der Waals surface area contributed by atoms with E-state index in [0.29, 0.717) is 22.5 Å². The number of fused-ring (bicyclic) bond motifs is 2. The SMILES string of the molecule is CC(C)(O/N=C(\C(=O)C[C@@H]1C(=O)N2C(c3nnn[n-]3)=C(C[n+]3cccc4c(NC(=O)c5ccc(O)c(O)c5Cl)cccc43)CS[C@H]12)c1csc(N)n1)C(=O)[O-].[Na+]. The van der Waals surface area contributed by atoms with Gasteiger partial charge in [0, 0.05) is 35.3 Å². The van der Waals surface area contributed by atoms with Gasteiger partial charge in [-0.25, -0.2) is 4.98 Å². The van der Waals surface area contributed by atoms with Crippen LogP contribution in [0.1, 0.15) is 42.1 Å². The third-order valence-corrected chi connectivity index (χ3v) is 11.3. The van der Waals surface area contributed by atoms with Gasteiger partial charge in [0.2, 0.25) is 11.4 Å². The summed E-state index contributed by atoms with van der Waals surface area (Å²) in [6.45, 7) is 2.69.